The zero-order chi connectivity index (χ0) is 12.3. The molecule has 0 radical (unpaired) electrons. The summed E-state index contributed by atoms with van der Waals surface area (Å²) in [6.45, 7) is 7.82. The Kier molecular flexibility index (Phi) is 4.53. The highest BCUT2D eigenvalue weighted by molar-refractivity contribution is 7.84. The average molecular weight is 260 g/mol. The van der Waals surface area contributed by atoms with Crippen LogP contribution in [0.15, 0.2) is 24.3 Å². The number of benzene rings is 1. The Bertz CT molecular complexity index is 387. The second kappa shape index (κ2) is 5.30. The largest absolute Gasteiger partial charge is 0.242 e. The monoisotopic (exact) mass is 259 g/mol. The molecule has 0 bridgehead atoms. The molecule has 2 atom stereocenters. The highest BCUT2D eigenvalue weighted by atomic mass is 35.5. The Balaban J connectivity index is 2.73. The first-order chi connectivity index (χ1) is 7.30. The molecule has 0 aliphatic rings. The predicted octanol–water partition coefficient (Wildman–Crippen LogP) is 3.45. The van der Waals surface area contributed by atoms with Gasteiger partial charge in [0.25, 0.3) is 0 Å². The van der Waals surface area contributed by atoms with Crippen LogP contribution in [0.3, 0.4) is 0 Å². The van der Waals surface area contributed by atoms with E-state index in [4.69, 9.17) is 11.6 Å². The minimum Gasteiger partial charge on any atom is -0.242 e. The van der Waals surface area contributed by atoms with E-state index >= 15 is 0 Å². The van der Waals surface area contributed by atoms with E-state index in [9.17, 15) is 4.21 Å². The summed E-state index contributed by atoms with van der Waals surface area (Å²) in [6, 6.07) is 7.62. The Morgan fingerprint density at radius 3 is 2.50 bits per heavy atom. The third-order valence-electron chi connectivity index (χ3n) is 2.19. The normalized spacial score (nSPS) is 15.8. The van der Waals surface area contributed by atoms with Gasteiger partial charge < -0.3 is 0 Å². The van der Waals surface area contributed by atoms with E-state index in [1.54, 1.807) is 0 Å². The highest BCUT2D eigenvalue weighted by Crippen LogP contribution is 2.19. The van der Waals surface area contributed by atoms with Crippen LogP contribution in [-0.4, -0.2) is 8.96 Å². The van der Waals surface area contributed by atoms with Crippen LogP contribution < -0.4 is 4.72 Å². The van der Waals surface area contributed by atoms with Crippen LogP contribution in [0.4, 0.5) is 0 Å². The van der Waals surface area contributed by atoms with E-state index in [-0.39, 0.29) is 10.8 Å². The van der Waals surface area contributed by atoms with Gasteiger partial charge in [-0.25, -0.2) is 8.93 Å². The molecule has 90 valence electrons. The van der Waals surface area contributed by atoms with E-state index in [1.165, 1.54) is 0 Å². The maximum Gasteiger partial charge on any atom is 0.0975 e. The van der Waals surface area contributed by atoms with E-state index in [2.05, 4.69) is 4.72 Å². The number of rotatable bonds is 3. The van der Waals surface area contributed by atoms with Gasteiger partial charge in [-0.15, -0.1) is 0 Å². The lowest BCUT2D eigenvalue weighted by Crippen LogP contribution is -2.34. The van der Waals surface area contributed by atoms with Crippen LogP contribution in [-0.2, 0) is 11.0 Å². The summed E-state index contributed by atoms with van der Waals surface area (Å²) in [6.07, 6.45) is 0. The molecule has 0 saturated carbocycles. The van der Waals surface area contributed by atoms with Gasteiger partial charge in [0.15, 0.2) is 0 Å². The number of hydrogen-bond acceptors (Lipinski definition) is 1. The molecule has 0 fully saturated rings. The highest BCUT2D eigenvalue weighted by Gasteiger charge is 2.21. The zero-order valence-corrected chi connectivity index (χ0v) is 11.7. The lowest BCUT2D eigenvalue weighted by atomic mass is 10.1. The molecular weight excluding hydrogens is 242 g/mol. The Labute approximate surface area is 105 Å². The summed E-state index contributed by atoms with van der Waals surface area (Å²) in [5, 5.41) is 0.702. The third-order valence-corrected chi connectivity index (χ3v) is 4.10. The van der Waals surface area contributed by atoms with Crippen molar-refractivity contribution in [1.29, 1.82) is 0 Å². The van der Waals surface area contributed by atoms with Crippen LogP contribution in [0.2, 0.25) is 5.02 Å². The maximum absolute atomic E-state index is 11.9. The molecule has 2 nitrogen and oxygen atoms in total. The van der Waals surface area contributed by atoms with Crippen LogP contribution >= 0.6 is 11.6 Å². The van der Waals surface area contributed by atoms with Gasteiger partial charge in [0, 0.05) is 11.1 Å². The van der Waals surface area contributed by atoms with E-state index < -0.39 is 11.0 Å². The molecule has 0 aliphatic carbocycles. The summed E-state index contributed by atoms with van der Waals surface area (Å²) < 4.78 is 14.7. The van der Waals surface area contributed by atoms with Gasteiger partial charge >= 0.3 is 0 Å². The quantitative estimate of drug-likeness (QED) is 0.885. The standard InChI is InChI=1S/C12H18ClNOS/c1-9(14-16(15)12(2,3)4)10-6-5-7-11(13)8-10/h5-9,14H,1-4H3/t9-,16-/m1/s1. The molecule has 0 heterocycles. The van der Waals surface area contributed by atoms with Gasteiger partial charge in [-0.3, -0.25) is 0 Å². The summed E-state index contributed by atoms with van der Waals surface area (Å²) >= 11 is 5.91. The summed E-state index contributed by atoms with van der Waals surface area (Å²) in [7, 11) is -1.07. The van der Waals surface area contributed by atoms with Crippen molar-refractivity contribution in [2.24, 2.45) is 0 Å². The number of nitrogens with one attached hydrogen (secondary N) is 1. The summed E-state index contributed by atoms with van der Waals surface area (Å²) in [4.78, 5) is 0. The number of halogens is 1. The van der Waals surface area contributed by atoms with E-state index in [0.717, 1.165) is 5.56 Å². The van der Waals surface area contributed by atoms with Crippen molar-refractivity contribution in [1.82, 2.24) is 4.72 Å². The summed E-state index contributed by atoms with van der Waals surface area (Å²) in [5.41, 5.74) is 1.05. The van der Waals surface area contributed by atoms with Gasteiger partial charge in [-0.2, -0.15) is 0 Å². The fraction of sp³-hybridized carbons (Fsp3) is 0.500. The van der Waals surface area contributed by atoms with Gasteiger partial charge in [-0.05, 0) is 45.4 Å². The maximum atomic E-state index is 11.9. The minimum atomic E-state index is -1.07. The molecule has 0 amide bonds. The Hall–Kier alpha value is -0.380. The Morgan fingerprint density at radius 2 is 2.00 bits per heavy atom. The van der Waals surface area contributed by atoms with Gasteiger partial charge in [0.2, 0.25) is 0 Å². The molecular formula is C12H18ClNOS. The second-order valence-corrected chi connectivity index (χ2v) is 7.21. The second-order valence-electron chi connectivity index (χ2n) is 4.78. The van der Waals surface area contributed by atoms with Gasteiger partial charge in [-0.1, -0.05) is 23.7 Å². The fourth-order valence-corrected chi connectivity index (χ4v) is 2.19. The van der Waals surface area contributed by atoms with E-state index in [1.807, 2.05) is 52.0 Å². The predicted molar refractivity (Wildman–Crippen MR) is 70.9 cm³/mol. The molecule has 0 saturated heterocycles. The molecule has 0 aromatic heterocycles. The molecule has 0 aliphatic heterocycles. The average Bonchev–Trinajstić information content (AvgIpc) is 2.16. The topological polar surface area (TPSA) is 29.1 Å². The smallest absolute Gasteiger partial charge is 0.0975 e. The first-order valence-electron chi connectivity index (χ1n) is 5.24. The SMILES string of the molecule is C[C@@H](N[S@](=O)C(C)(C)C)c1cccc(Cl)c1. The van der Waals surface area contributed by atoms with Crippen molar-refractivity contribution in [3.8, 4) is 0 Å². The van der Waals surface area contributed by atoms with Crippen LogP contribution in [0.5, 0.6) is 0 Å². The molecule has 16 heavy (non-hydrogen) atoms. The van der Waals surface area contributed by atoms with Gasteiger partial charge in [0.1, 0.15) is 0 Å². The molecule has 1 aromatic carbocycles. The lowest BCUT2D eigenvalue weighted by Gasteiger charge is -2.22. The molecule has 1 rings (SSSR count). The first kappa shape index (κ1) is 13.7. The van der Waals surface area contributed by atoms with Crippen LogP contribution in [0, 0.1) is 0 Å². The fourth-order valence-electron chi connectivity index (χ4n) is 1.18. The molecule has 0 spiro atoms. The molecule has 0 unspecified atom stereocenters. The van der Waals surface area contributed by atoms with Gasteiger partial charge in [0.05, 0.1) is 15.7 Å². The van der Waals surface area contributed by atoms with Crippen molar-refractivity contribution in [3.05, 3.63) is 34.9 Å². The number of hydrogen-bond donors (Lipinski definition) is 1. The summed E-state index contributed by atoms with van der Waals surface area (Å²) in [5.74, 6) is 0. The molecule has 1 N–H and O–H groups in total. The lowest BCUT2D eigenvalue weighted by molar-refractivity contribution is 0.616. The van der Waals surface area contributed by atoms with Crippen molar-refractivity contribution in [3.63, 3.8) is 0 Å². The third kappa shape index (κ3) is 3.89. The molecule has 4 heteroatoms. The molecule has 1 aromatic rings. The minimum absolute atomic E-state index is 0.0266. The van der Waals surface area contributed by atoms with Crippen molar-refractivity contribution in [2.45, 2.75) is 38.5 Å². The van der Waals surface area contributed by atoms with Crippen LogP contribution in [0.25, 0.3) is 0 Å². The first-order valence-corrected chi connectivity index (χ1v) is 6.77. The van der Waals surface area contributed by atoms with Crippen LogP contribution in [0.1, 0.15) is 39.3 Å². The van der Waals surface area contributed by atoms with Crippen molar-refractivity contribution < 1.29 is 4.21 Å². The van der Waals surface area contributed by atoms with E-state index in [0.29, 0.717) is 5.02 Å². The van der Waals surface area contributed by atoms with Crippen molar-refractivity contribution >= 4 is 22.6 Å². The zero-order valence-electron chi connectivity index (χ0n) is 10.1. The Morgan fingerprint density at radius 1 is 1.38 bits per heavy atom. The van der Waals surface area contributed by atoms with Crippen molar-refractivity contribution in [2.75, 3.05) is 0 Å².